The summed E-state index contributed by atoms with van der Waals surface area (Å²) in [5, 5.41) is 0. The number of methoxy groups -OCH3 is 1. The van der Waals surface area contributed by atoms with Gasteiger partial charge in [0.05, 0.1) is 19.6 Å². The Morgan fingerprint density at radius 1 is 1.16 bits per heavy atom. The Morgan fingerprint density at radius 2 is 1.89 bits per heavy atom. The summed E-state index contributed by atoms with van der Waals surface area (Å²) in [5.74, 6) is -0.436. The van der Waals surface area contributed by atoms with E-state index >= 15 is 0 Å². The largest absolute Gasteiger partial charge is 0.493 e. The summed E-state index contributed by atoms with van der Waals surface area (Å²) in [6.07, 6.45) is 4.95. The Hall–Kier alpha value is -3.03. The van der Waals surface area contributed by atoms with E-state index in [0.29, 0.717) is 12.8 Å². The van der Waals surface area contributed by atoms with E-state index < -0.39 is 34.4 Å². The van der Waals surface area contributed by atoms with Gasteiger partial charge in [0, 0.05) is 53.6 Å². The lowest BCUT2D eigenvalue weighted by Gasteiger charge is -2.57. The molecule has 1 aromatic rings. The van der Waals surface area contributed by atoms with Crippen molar-refractivity contribution >= 4 is 17.9 Å². The quantitative estimate of drug-likeness (QED) is 0.408. The molecule has 8 heteroatoms. The maximum Gasteiger partial charge on any atom is 0.331 e. The number of allylic oxidation sites excluding steroid dienone is 2. The fraction of sp³-hybridized carbons (Fsp3) is 0.621. The fourth-order valence-electron chi connectivity index (χ4n) is 7.83. The maximum atomic E-state index is 12.7. The van der Waals surface area contributed by atoms with E-state index in [1.54, 1.807) is 18.6 Å². The molecule has 0 spiro atoms. The van der Waals surface area contributed by atoms with Crippen LogP contribution in [0.25, 0.3) is 0 Å². The minimum Gasteiger partial charge on any atom is -0.493 e. The van der Waals surface area contributed by atoms with Crippen LogP contribution in [-0.2, 0) is 33.3 Å². The van der Waals surface area contributed by atoms with Gasteiger partial charge < -0.3 is 23.4 Å². The molecule has 4 aliphatic rings. The van der Waals surface area contributed by atoms with Gasteiger partial charge in [0.15, 0.2) is 0 Å². The van der Waals surface area contributed by atoms with E-state index in [0.717, 1.165) is 22.5 Å². The molecule has 1 saturated heterocycles. The van der Waals surface area contributed by atoms with Crippen molar-refractivity contribution in [3.63, 3.8) is 0 Å². The van der Waals surface area contributed by atoms with E-state index in [-0.39, 0.29) is 36.3 Å². The van der Waals surface area contributed by atoms with E-state index in [9.17, 15) is 14.4 Å². The number of fused-ring (bicyclic) bond motifs is 4. The monoisotopic (exact) mass is 512 g/mol. The van der Waals surface area contributed by atoms with E-state index in [4.69, 9.17) is 23.4 Å². The highest BCUT2D eigenvalue weighted by molar-refractivity contribution is 5.86. The van der Waals surface area contributed by atoms with Crippen molar-refractivity contribution in [1.29, 1.82) is 0 Å². The Bertz CT molecular complexity index is 1190. The number of furan rings is 1. The van der Waals surface area contributed by atoms with Crippen molar-refractivity contribution in [3.05, 3.63) is 47.1 Å². The zero-order chi connectivity index (χ0) is 26.9. The second kappa shape index (κ2) is 8.50. The number of carbonyl (C=O) groups is 3. The lowest BCUT2D eigenvalue weighted by Crippen LogP contribution is -2.59. The molecule has 1 saturated carbocycles. The maximum absolute atomic E-state index is 12.7. The van der Waals surface area contributed by atoms with E-state index in [1.165, 1.54) is 14.0 Å². The van der Waals surface area contributed by atoms with Gasteiger partial charge in [-0.2, -0.15) is 0 Å². The van der Waals surface area contributed by atoms with Crippen LogP contribution in [0.5, 0.6) is 0 Å². The molecule has 0 bridgehead atoms. The summed E-state index contributed by atoms with van der Waals surface area (Å²) in [6.45, 7) is 11.9. The van der Waals surface area contributed by atoms with E-state index in [1.807, 2.05) is 13.0 Å². The van der Waals surface area contributed by atoms with Gasteiger partial charge in [0.2, 0.25) is 0 Å². The van der Waals surface area contributed by atoms with Gasteiger partial charge in [-0.15, -0.1) is 0 Å². The molecule has 0 amide bonds. The normalized spacial score (nSPS) is 37.9. The molecule has 0 radical (unpaired) electrons. The third kappa shape index (κ3) is 3.66. The summed E-state index contributed by atoms with van der Waals surface area (Å²) >= 11 is 0. The second-order valence-electron chi connectivity index (χ2n) is 12.1. The predicted octanol–water partition coefficient (Wildman–Crippen LogP) is 5.05. The Labute approximate surface area is 217 Å². The third-order valence-corrected chi connectivity index (χ3v) is 9.78. The number of esters is 3. The molecule has 2 aliphatic heterocycles. The van der Waals surface area contributed by atoms with Crippen LogP contribution in [0.2, 0.25) is 0 Å². The zero-order valence-electron chi connectivity index (χ0n) is 22.6. The summed E-state index contributed by atoms with van der Waals surface area (Å²) in [5.41, 5.74) is 1.15. The van der Waals surface area contributed by atoms with Crippen molar-refractivity contribution < 1.29 is 37.7 Å². The lowest BCUT2D eigenvalue weighted by atomic mass is 9.47. The molecule has 0 aromatic carbocycles. The molecular formula is C29H36O8. The molecule has 7 unspecified atom stereocenters. The van der Waals surface area contributed by atoms with Crippen molar-refractivity contribution in [2.75, 3.05) is 7.11 Å². The summed E-state index contributed by atoms with van der Waals surface area (Å²) in [7, 11) is 1.40. The molecule has 3 heterocycles. The highest BCUT2D eigenvalue weighted by Crippen LogP contribution is 2.69. The molecule has 5 rings (SSSR count). The van der Waals surface area contributed by atoms with Crippen molar-refractivity contribution in [1.82, 2.24) is 0 Å². The first-order valence-corrected chi connectivity index (χ1v) is 12.9. The number of hydrogen-bond acceptors (Lipinski definition) is 8. The molecule has 0 N–H and O–H groups in total. The minimum absolute atomic E-state index is 0.0435. The highest BCUT2D eigenvalue weighted by atomic mass is 16.6. The first-order valence-electron chi connectivity index (χ1n) is 12.9. The number of cyclic esters (lactones) is 1. The third-order valence-electron chi connectivity index (χ3n) is 9.78. The SMILES string of the molecule is COC(=O)CC1C(C)(C)C(OC(C)=O)CC2OC3=C(C)C4=CC(=O)OC(c5ccoc5)C4(C)CC3C21C. The van der Waals surface area contributed by atoms with E-state index in [2.05, 4.69) is 27.7 Å². The van der Waals surface area contributed by atoms with Gasteiger partial charge in [-0.25, -0.2) is 4.79 Å². The first kappa shape index (κ1) is 25.6. The highest BCUT2D eigenvalue weighted by Gasteiger charge is 2.68. The summed E-state index contributed by atoms with van der Waals surface area (Å²) in [6, 6.07) is 1.84. The first-order chi connectivity index (χ1) is 17.3. The van der Waals surface area contributed by atoms with Crippen molar-refractivity contribution in [2.24, 2.45) is 28.1 Å². The average molecular weight is 513 g/mol. The van der Waals surface area contributed by atoms with Crippen LogP contribution in [0.1, 0.15) is 72.5 Å². The molecule has 1 aromatic heterocycles. The van der Waals surface area contributed by atoms with Gasteiger partial charge >= 0.3 is 17.9 Å². The van der Waals surface area contributed by atoms with Crippen molar-refractivity contribution in [2.45, 2.75) is 79.1 Å². The Kier molecular flexibility index (Phi) is 5.88. The van der Waals surface area contributed by atoms with Crippen LogP contribution in [0.3, 0.4) is 0 Å². The van der Waals surface area contributed by atoms with Crippen LogP contribution >= 0.6 is 0 Å². The Morgan fingerprint density at radius 3 is 2.51 bits per heavy atom. The molecule has 7 atom stereocenters. The van der Waals surface area contributed by atoms with Crippen LogP contribution < -0.4 is 0 Å². The molecule has 37 heavy (non-hydrogen) atoms. The van der Waals surface area contributed by atoms with Crippen molar-refractivity contribution in [3.8, 4) is 0 Å². The van der Waals surface area contributed by atoms with Crippen LogP contribution in [0.4, 0.5) is 0 Å². The minimum atomic E-state index is -0.524. The average Bonchev–Trinajstić information content (AvgIpc) is 3.45. The van der Waals surface area contributed by atoms with Gasteiger partial charge in [0.25, 0.3) is 0 Å². The Balaban J connectivity index is 1.65. The topological polar surface area (TPSA) is 101 Å². The standard InChI is InChI=1S/C29H36O8/c1-15-18-10-24(32)37-26(17-8-9-34-14-17)28(18,5)13-19-25(15)36-22-12-21(35-16(2)30)27(3,4)20(29(19,22)6)11-23(31)33-7/h8-10,14,19-22,26H,11-13H2,1-7H3. The van der Waals surface area contributed by atoms with Gasteiger partial charge in [-0.05, 0) is 36.5 Å². The fourth-order valence-corrected chi connectivity index (χ4v) is 7.83. The predicted molar refractivity (Wildman–Crippen MR) is 132 cm³/mol. The summed E-state index contributed by atoms with van der Waals surface area (Å²) in [4.78, 5) is 37.4. The molecule has 8 nitrogen and oxygen atoms in total. The van der Waals surface area contributed by atoms with Crippen LogP contribution in [-0.4, -0.2) is 37.2 Å². The molecule has 200 valence electrons. The number of rotatable bonds is 4. The van der Waals surface area contributed by atoms with Gasteiger partial charge in [-0.1, -0.05) is 27.7 Å². The lowest BCUT2D eigenvalue weighted by molar-refractivity contribution is -0.187. The molecule has 2 fully saturated rings. The second-order valence-corrected chi connectivity index (χ2v) is 12.1. The smallest absolute Gasteiger partial charge is 0.331 e. The zero-order valence-corrected chi connectivity index (χ0v) is 22.6. The summed E-state index contributed by atoms with van der Waals surface area (Å²) < 4.78 is 28.9. The van der Waals surface area contributed by atoms with Gasteiger partial charge in [-0.3, -0.25) is 9.59 Å². The molecular weight excluding hydrogens is 476 g/mol. The number of hydrogen-bond donors (Lipinski definition) is 0. The molecule has 2 aliphatic carbocycles. The van der Waals surface area contributed by atoms with Crippen LogP contribution in [0.15, 0.2) is 46.0 Å². The van der Waals surface area contributed by atoms with Gasteiger partial charge in [0.1, 0.15) is 24.1 Å². The van der Waals surface area contributed by atoms with Crippen LogP contribution in [0, 0.1) is 28.1 Å². The number of ether oxygens (including phenoxy) is 4. The number of carbonyl (C=O) groups excluding carboxylic acids is 3.